The van der Waals surface area contributed by atoms with Gasteiger partial charge in [0.15, 0.2) is 0 Å². The van der Waals surface area contributed by atoms with Gasteiger partial charge in [-0.2, -0.15) is 0 Å². The average molecular weight is 247 g/mol. The summed E-state index contributed by atoms with van der Waals surface area (Å²) >= 11 is 9.28. The Balaban J connectivity index is 3.09. The summed E-state index contributed by atoms with van der Waals surface area (Å²) in [6.45, 7) is 4.24. The smallest absolute Gasteiger partial charge is 0.0492 e. The minimum Gasteiger partial charge on any atom is -0.326 e. The molecule has 12 heavy (non-hydrogen) atoms. The monoisotopic (exact) mass is 245 g/mol. The summed E-state index contributed by atoms with van der Waals surface area (Å²) in [4.78, 5) is 0. The summed E-state index contributed by atoms with van der Waals surface area (Å²) in [5, 5.41) is 0.680. The van der Waals surface area contributed by atoms with Gasteiger partial charge < -0.3 is 5.73 Å². The molecule has 0 fully saturated rings. The van der Waals surface area contributed by atoms with Crippen LogP contribution < -0.4 is 5.73 Å². The first-order valence-corrected chi connectivity index (χ1v) is 4.65. The number of rotatable bonds is 2. The van der Waals surface area contributed by atoms with Crippen molar-refractivity contribution in [3.05, 3.63) is 39.8 Å². The van der Waals surface area contributed by atoms with Crippen molar-refractivity contribution in [2.24, 2.45) is 5.73 Å². The second kappa shape index (κ2) is 4.08. The van der Waals surface area contributed by atoms with Crippen LogP contribution in [-0.4, -0.2) is 6.54 Å². The molecule has 0 aliphatic heterocycles. The van der Waals surface area contributed by atoms with Crippen molar-refractivity contribution < 1.29 is 0 Å². The van der Waals surface area contributed by atoms with Gasteiger partial charge in [-0.15, -0.1) is 0 Å². The van der Waals surface area contributed by atoms with Crippen LogP contribution in [0.2, 0.25) is 5.02 Å². The highest BCUT2D eigenvalue weighted by Gasteiger charge is 2.02. The summed E-state index contributed by atoms with van der Waals surface area (Å²) in [6.07, 6.45) is 0. The van der Waals surface area contributed by atoms with E-state index < -0.39 is 0 Å². The van der Waals surface area contributed by atoms with E-state index in [0.29, 0.717) is 11.6 Å². The van der Waals surface area contributed by atoms with E-state index in [0.717, 1.165) is 15.6 Å². The molecule has 0 saturated heterocycles. The third kappa shape index (κ3) is 2.09. The third-order valence-electron chi connectivity index (χ3n) is 1.56. The molecule has 0 heterocycles. The van der Waals surface area contributed by atoms with Gasteiger partial charge >= 0.3 is 0 Å². The molecule has 0 aromatic heterocycles. The number of hydrogen-bond donors (Lipinski definition) is 1. The van der Waals surface area contributed by atoms with Gasteiger partial charge in [0.05, 0.1) is 0 Å². The quantitative estimate of drug-likeness (QED) is 0.853. The van der Waals surface area contributed by atoms with Gasteiger partial charge in [0.2, 0.25) is 0 Å². The first-order chi connectivity index (χ1) is 5.65. The summed E-state index contributed by atoms with van der Waals surface area (Å²) in [5.41, 5.74) is 7.21. The number of hydrogen-bond acceptors (Lipinski definition) is 1. The van der Waals surface area contributed by atoms with Crippen molar-refractivity contribution in [1.29, 1.82) is 0 Å². The Kier molecular flexibility index (Phi) is 3.32. The van der Waals surface area contributed by atoms with Crippen LogP contribution >= 0.6 is 27.5 Å². The highest BCUT2D eigenvalue weighted by Crippen LogP contribution is 2.25. The van der Waals surface area contributed by atoms with Crippen LogP contribution in [0.15, 0.2) is 29.3 Å². The summed E-state index contributed by atoms with van der Waals surface area (Å²) in [7, 11) is 0. The van der Waals surface area contributed by atoms with Crippen molar-refractivity contribution in [2.75, 3.05) is 6.54 Å². The lowest BCUT2D eigenvalue weighted by Crippen LogP contribution is -2.01. The van der Waals surface area contributed by atoms with Crippen molar-refractivity contribution in [2.45, 2.75) is 0 Å². The Hall–Kier alpha value is -0.310. The van der Waals surface area contributed by atoms with Crippen LogP contribution in [0.1, 0.15) is 5.56 Å². The third-order valence-corrected chi connectivity index (χ3v) is 2.36. The Labute approximate surface area is 85.3 Å². The normalized spacial score (nSPS) is 9.92. The van der Waals surface area contributed by atoms with Crippen LogP contribution in [0.3, 0.4) is 0 Å². The molecule has 0 saturated carbocycles. The van der Waals surface area contributed by atoms with Gasteiger partial charge in [-0.25, -0.2) is 0 Å². The summed E-state index contributed by atoms with van der Waals surface area (Å²) in [5.74, 6) is 0. The second-order valence-electron chi connectivity index (χ2n) is 2.43. The van der Waals surface area contributed by atoms with E-state index in [2.05, 4.69) is 22.5 Å². The van der Waals surface area contributed by atoms with Crippen molar-refractivity contribution in [3.8, 4) is 0 Å². The van der Waals surface area contributed by atoms with Crippen LogP contribution in [0.5, 0.6) is 0 Å². The first-order valence-electron chi connectivity index (χ1n) is 3.48. The molecule has 0 aliphatic rings. The van der Waals surface area contributed by atoms with Crippen molar-refractivity contribution in [3.63, 3.8) is 0 Å². The van der Waals surface area contributed by atoms with E-state index in [-0.39, 0.29) is 0 Å². The molecule has 1 aromatic carbocycles. The standard InChI is InChI=1S/C9H9BrClN/c1-6(5-12)8-3-2-7(10)4-9(8)11/h2-4H,1,5,12H2. The van der Waals surface area contributed by atoms with Crippen LogP contribution in [0.25, 0.3) is 5.57 Å². The molecule has 0 amide bonds. The molecule has 0 aliphatic carbocycles. The van der Waals surface area contributed by atoms with E-state index in [9.17, 15) is 0 Å². The molecule has 1 aromatic rings. The fourth-order valence-electron chi connectivity index (χ4n) is 0.886. The number of benzene rings is 1. The lowest BCUT2D eigenvalue weighted by molar-refractivity contribution is 1.27. The van der Waals surface area contributed by atoms with Gasteiger partial charge in [-0.3, -0.25) is 0 Å². The van der Waals surface area contributed by atoms with Gasteiger partial charge in [0.1, 0.15) is 0 Å². The van der Waals surface area contributed by atoms with Gasteiger partial charge in [-0.1, -0.05) is 40.2 Å². The molecule has 1 rings (SSSR count). The maximum absolute atomic E-state index is 5.96. The van der Waals surface area contributed by atoms with Crippen LogP contribution in [0, 0.1) is 0 Å². The Morgan fingerprint density at radius 2 is 2.25 bits per heavy atom. The molecule has 64 valence electrons. The maximum Gasteiger partial charge on any atom is 0.0492 e. The molecule has 0 radical (unpaired) electrons. The van der Waals surface area contributed by atoms with E-state index in [1.54, 1.807) is 0 Å². The molecule has 0 bridgehead atoms. The molecular weight excluding hydrogens is 237 g/mol. The number of halogens is 2. The summed E-state index contributed by atoms with van der Waals surface area (Å²) in [6, 6.07) is 5.65. The SMILES string of the molecule is C=C(CN)c1ccc(Br)cc1Cl. The lowest BCUT2D eigenvalue weighted by atomic mass is 10.1. The van der Waals surface area contributed by atoms with Crippen molar-refractivity contribution in [1.82, 2.24) is 0 Å². The summed E-state index contributed by atoms with van der Waals surface area (Å²) < 4.78 is 0.959. The van der Waals surface area contributed by atoms with Crippen molar-refractivity contribution >= 4 is 33.1 Å². The lowest BCUT2D eigenvalue weighted by Gasteiger charge is -2.05. The van der Waals surface area contributed by atoms with Crippen LogP contribution in [-0.2, 0) is 0 Å². The zero-order valence-electron chi connectivity index (χ0n) is 6.48. The molecule has 0 unspecified atom stereocenters. The minimum absolute atomic E-state index is 0.432. The Morgan fingerprint density at radius 3 is 2.75 bits per heavy atom. The van der Waals surface area contributed by atoms with Gasteiger partial charge in [-0.05, 0) is 23.3 Å². The average Bonchev–Trinajstić information content (AvgIpc) is 2.03. The largest absolute Gasteiger partial charge is 0.326 e. The van der Waals surface area contributed by atoms with Gasteiger partial charge in [0, 0.05) is 16.0 Å². The number of nitrogens with two attached hydrogens (primary N) is 1. The topological polar surface area (TPSA) is 26.0 Å². The fourth-order valence-corrected chi connectivity index (χ4v) is 1.69. The molecule has 3 heteroatoms. The molecule has 0 spiro atoms. The van der Waals surface area contributed by atoms with E-state index in [4.69, 9.17) is 17.3 Å². The zero-order valence-corrected chi connectivity index (χ0v) is 8.82. The predicted molar refractivity (Wildman–Crippen MR) is 57.2 cm³/mol. The molecule has 2 N–H and O–H groups in total. The minimum atomic E-state index is 0.432. The Morgan fingerprint density at radius 1 is 1.58 bits per heavy atom. The van der Waals surface area contributed by atoms with Gasteiger partial charge in [0.25, 0.3) is 0 Å². The van der Waals surface area contributed by atoms with E-state index in [1.807, 2.05) is 18.2 Å². The van der Waals surface area contributed by atoms with E-state index >= 15 is 0 Å². The Bertz CT molecular complexity index is 309. The highest BCUT2D eigenvalue weighted by molar-refractivity contribution is 9.10. The molecule has 0 atom stereocenters. The second-order valence-corrected chi connectivity index (χ2v) is 3.75. The van der Waals surface area contributed by atoms with Crippen LogP contribution in [0.4, 0.5) is 0 Å². The van der Waals surface area contributed by atoms with E-state index in [1.165, 1.54) is 0 Å². The molecular formula is C9H9BrClN. The maximum atomic E-state index is 5.96. The predicted octanol–water partition coefficient (Wildman–Crippen LogP) is 3.07. The zero-order chi connectivity index (χ0) is 9.14. The first kappa shape index (κ1) is 9.78. The fraction of sp³-hybridized carbons (Fsp3) is 0.111. The highest BCUT2D eigenvalue weighted by atomic mass is 79.9. The molecule has 1 nitrogen and oxygen atoms in total.